The molecular weight excluding hydrogens is 425 g/mol. The fraction of sp³-hybridized carbons (Fsp3) is 0.273. The van der Waals surface area contributed by atoms with Crippen LogP contribution in [0.2, 0.25) is 0 Å². The van der Waals surface area contributed by atoms with Crippen LogP contribution < -0.4 is 10.5 Å². The first kappa shape index (κ1) is 23.0. The number of aryl methyl sites for hydroxylation is 1. The van der Waals surface area contributed by atoms with Gasteiger partial charge in [0.25, 0.3) is 6.43 Å². The number of benzene rings is 1. The van der Waals surface area contributed by atoms with Gasteiger partial charge in [-0.25, -0.2) is 18.2 Å². The van der Waals surface area contributed by atoms with E-state index in [1.165, 1.54) is 37.4 Å². The maximum Gasteiger partial charge on any atom is 0.305 e. The Morgan fingerprint density at radius 1 is 1.09 bits per heavy atom. The molecule has 0 spiro atoms. The number of aromatic nitrogens is 3. The van der Waals surface area contributed by atoms with Gasteiger partial charge < -0.3 is 15.2 Å². The molecule has 0 radical (unpaired) electrons. The smallest absolute Gasteiger partial charge is 0.305 e. The van der Waals surface area contributed by atoms with Gasteiger partial charge in [-0.3, -0.25) is 9.78 Å². The molecule has 168 valence electrons. The number of nitrogen functional groups attached to an aromatic ring is 1. The summed E-state index contributed by atoms with van der Waals surface area (Å²) in [7, 11) is 1.29. The Hall–Kier alpha value is -3.69. The molecule has 2 heterocycles. The SMILES string of the molecule is COC(=O)CCCOc1nc(N)nc(-c2ccc(F)cc2)c1-c1cc(C)nc(C(F)F)c1. The summed E-state index contributed by atoms with van der Waals surface area (Å²) >= 11 is 0. The molecule has 32 heavy (non-hydrogen) atoms. The molecule has 0 aliphatic rings. The van der Waals surface area contributed by atoms with Crippen LogP contribution in [0, 0.1) is 12.7 Å². The van der Waals surface area contributed by atoms with Gasteiger partial charge in [0.15, 0.2) is 0 Å². The number of anilines is 1. The molecule has 2 aromatic heterocycles. The van der Waals surface area contributed by atoms with E-state index in [9.17, 15) is 18.0 Å². The van der Waals surface area contributed by atoms with Crippen molar-refractivity contribution in [2.75, 3.05) is 19.5 Å². The van der Waals surface area contributed by atoms with Gasteiger partial charge in [0.1, 0.15) is 11.5 Å². The molecule has 0 fully saturated rings. The molecule has 0 bridgehead atoms. The molecule has 0 saturated carbocycles. The highest BCUT2D eigenvalue weighted by Gasteiger charge is 2.21. The van der Waals surface area contributed by atoms with Crippen molar-refractivity contribution in [2.24, 2.45) is 0 Å². The lowest BCUT2D eigenvalue weighted by Gasteiger charge is -2.16. The first-order valence-corrected chi connectivity index (χ1v) is 9.68. The van der Waals surface area contributed by atoms with Crippen LogP contribution in [0.3, 0.4) is 0 Å². The fourth-order valence-corrected chi connectivity index (χ4v) is 3.08. The lowest BCUT2D eigenvalue weighted by molar-refractivity contribution is -0.140. The van der Waals surface area contributed by atoms with E-state index < -0.39 is 23.9 Å². The molecular formula is C22H21F3N4O3. The first-order chi connectivity index (χ1) is 15.3. The largest absolute Gasteiger partial charge is 0.477 e. The van der Waals surface area contributed by atoms with Gasteiger partial charge in [-0.2, -0.15) is 4.98 Å². The van der Waals surface area contributed by atoms with E-state index in [0.29, 0.717) is 28.8 Å². The first-order valence-electron chi connectivity index (χ1n) is 9.68. The lowest BCUT2D eigenvalue weighted by Crippen LogP contribution is -2.09. The minimum absolute atomic E-state index is 0.0486. The highest BCUT2D eigenvalue weighted by atomic mass is 19.3. The Kier molecular flexibility index (Phi) is 7.24. The Morgan fingerprint density at radius 2 is 1.81 bits per heavy atom. The Balaban J connectivity index is 2.12. The third kappa shape index (κ3) is 5.51. The minimum atomic E-state index is -2.79. The number of halogens is 3. The second-order valence-electron chi connectivity index (χ2n) is 6.87. The fourth-order valence-electron chi connectivity index (χ4n) is 3.08. The van der Waals surface area contributed by atoms with Crippen molar-refractivity contribution in [3.63, 3.8) is 0 Å². The monoisotopic (exact) mass is 446 g/mol. The van der Waals surface area contributed by atoms with Crippen molar-refractivity contribution in [3.05, 3.63) is 53.6 Å². The topological polar surface area (TPSA) is 100 Å². The van der Waals surface area contributed by atoms with Gasteiger partial charge in [0.05, 0.1) is 25.0 Å². The van der Waals surface area contributed by atoms with E-state index in [4.69, 9.17) is 10.5 Å². The Labute approximate surface area is 182 Å². The van der Waals surface area contributed by atoms with Gasteiger partial charge in [-0.05, 0) is 55.3 Å². The van der Waals surface area contributed by atoms with Crippen LogP contribution in [0.5, 0.6) is 5.88 Å². The van der Waals surface area contributed by atoms with Crippen molar-refractivity contribution >= 4 is 11.9 Å². The van der Waals surface area contributed by atoms with E-state index in [-0.39, 0.29) is 30.5 Å². The van der Waals surface area contributed by atoms with Crippen molar-refractivity contribution in [3.8, 4) is 28.3 Å². The van der Waals surface area contributed by atoms with Crippen LogP contribution in [-0.2, 0) is 9.53 Å². The van der Waals surface area contributed by atoms with Crippen LogP contribution in [0.4, 0.5) is 19.1 Å². The molecule has 1 aromatic carbocycles. The summed E-state index contributed by atoms with van der Waals surface area (Å²) < 4.78 is 50.6. The van der Waals surface area contributed by atoms with Crippen LogP contribution in [-0.4, -0.2) is 34.6 Å². The number of carbonyl (C=O) groups excluding carboxylic acids is 1. The maximum absolute atomic E-state index is 13.5. The molecule has 0 aliphatic heterocycles. The highest BCUT2D eigenvalue weighted by molar-refractivity contribution is 5.85. The minimum Gasteiger partial charge on any atom is -0.477 e. The van der Waals surface area contributed by atoms with Gasteiger partial charge in [0, 0.05) is 17.7 Å². The molecule has 0 atom stereocenters. The molecule has 3 aromatic rings. The van der Waals surface area contributed by atoms with E-state index in [1.54, 1.807) is 13.0 Å². The normalized spacial score (nSPS) is 10.9. The summed E-state index contributed by atoms with van der Waals surface area (Å²) in [5.41, 5.74) is 7.23. The Morgan fingerprint density at radius 3 is 2.47 bits per heavy atom. The lowest BCUT2D eigenvalue weighted by atomic mass is 9.99. The quantitative estimate of drug-likeness (QED) is 0.401. The molecule has 0 unspecified atom stereocenters. The number of nitrogens with zero attached hydrogens (tertiary/aromatic N) is 3. The van der Waals surface area contributed by atoms with E-state index in [1.807, 2.05) is 0 Å². The molecule has 0 aliphatic carbocycles. The number of ether oxygens (including phenoxy) is 2. The number of hydrogen-bond donors (Lipinski definition) is 1. The summed E-state index contributed by atoms with van der Waals surface area (Å²) in [6, 6.07) is 8.29. The highest BCUT2D eigenvalue weighted by Crippen LogP contribution is 2.39. The zero-order valence-corrected chi connectivity index (χ0v) is 17.4. The van der Waals surface area contributed by atoms with Crippen molar-refractivity contribution in [1.29, 1.82) is 0 Å². The summed E-state index contributed by atoms with van der Waals surface area (Å²) in [6.45, 7) is 1.68. The second-order valence-corrected chi connectivity index (χ2v) is 6.87. The second kappa shape index (κ2) is 10.1. The number of carbonyl (C=O) groups is 1. The van der Waals surface area contributed by atoms with Crippen LogP contribution in [0.1, 0.15) is 30.7 Å². The zero-order valence-electron chi connectivity index (χ0n) is 17.4. The predicted molar refractivity (Wildman–Crippen MR) is 112 cm³/mol. The number of rotatable bonds is 8. The molecule has 7 nitrogen and oxygen atoms in total. The van der Waals surface area contributed by atoms with E-state index in [0.717, 1.165) is 0 Å². The molecule has 3 rings (SSSR count). The Bertz CT molecular complexity index is 1110. The summed E-state index contributed by atoms with van der Waals surface area (Å²) in [6.07, 6.45) is -2.33. The number of esters is 1. The van der Waals surface area contributed by atoms with E-state index in [2.05, 4.69) is 19.7 Å². The molecule has 0 amide bonds. The number of hydrogen-bond acceptors (Lipinski definition) is 7. The summed E-state index contributed by atoms with van der Waals surface area (Å²) in [5, 5.41) is 0. The van der Waals surface area contributed by atoms with Gasteiger partial charge in [-0.1, -0.05) is 0 Å². The van der Waals surface area contributed by atoms with Crippen LogP contribution in [0.15, 0.2) is 36.4 Å². The van der Waals surface area contributed by atoms with Crippen molar-refractivity contribution in [2.45, 2.75) is 26.2 Å². The summed E-state index contributed by atoms with van der Waals surface area (Å²) in [5.74, 6) is -0.908. The molecule has 0 saturated heterocycles. The average molecular weight is 446 g/mol. The van der Waals surface area contributed by atoms with Crippen molar-refractivity contribution < 1.29 is 27.4 Å². The standard InChI is InChI=1S/C22H21F3N4O3/c1-12-10-14(11-16(27-12)20(24)25)18-19(13-5-7-15(23)8-6-13)28-22(26)29-21(18)32-9-3-4-17(30)31-2/h5-8,10-11,20H,3-4,9H2,1-2H3,(H2,26,28,29). The zero-order chi connectivity index (χ0) is 23.3. The van der Waals surface area contributed by atoms with E-state index >= 15 is 0 Å². The third-order valence-corrected chi connectivity index (χ3v) is 4.49. The average Bonchev–Trinajstić information content (AvgIpc) is 2.76. The number of nitrogens with two attached hydrogens (primary N) is 1. The number of pyridine rings is 1. The van der Waals surface area contributed by atoms with Crippen LogP contribution in [0.25, 0.3) is 22.4 Å². The molecule has 10 heteroatoms. The van der Waals surface area contributed by atoms with Gasteiger partial charge in [-0.15, -0.1) is 0 Å². The van der Waals surface area contributed by atoms with Crippen LogP contribution >= 0.6 is 0 Å². The maximum atomic E-state index is 13.5. The summed E-state index contributed by atoms with van der Waals surface area (Å²) in [4.78, 5) is 23.6. The van der Waals surface area contributed by atoms with Crippen molar-refractivity contribution in [1.82, 2.24) is 15.0 Å². The van der Waals surface area contributed by atoms with Gasteiger partial charge in [0.2, 0.25) is 11.8 Å². The molecule has 2 N–H and O–H groups in total. The predicted octanol–water partition coefficient (Wildman–Crippen LogP) is 4.50. The van der Waals surface area contributed by atoms with Gasteiger partial charge >= 0.3 is 5.97 Å². The number of methoxy groups -OCH3 is 1. The number of alkyl halides is 2. The third-order valence-electron chi connectivity index (χ3n) is 4.49.